The van der Waals surface area contributed by atoms with E-state index < -0.39 is 0 Å². The summed E-state index contributed by atoms with van der Waals surface area (Å²) in [6, 6.07) is 6.00. The molecule has 1 aromatic rings. The van der Waals surface area contributed by atoms with Crippen molar-refractivity contribution in [1.29, 1.82) is 0 Å². The van der Waals surface area contributed by atoms with Crippen LogP contribution < -0.4 is 5.32 Å². The van der Waals surface area contributed by atoms with Gasteiger partial charge in [0.1, 0.15) is 0 Å². The molecule has 0 radical (unpaired) electrons. The molecule has 0 aliphatic heterocycles. The van der Waals surface area contributed by atoms with Crippen molar-refractivity contribution in [1.82, 2.24) is 4.90 Å². The molecular formula is C15H24N2O2. The maximum absolute atomic E-state index is 12.0. The van der Waals surface area contributed by atoms with Crippen molar-refractivity contribution in [3.05, 3.63) is 29.3 Å². The molecule has 0 aliphatic carbocycles. The molecule has 0 aliphatic rings. The predicted octanol–water partition coefficient (Wildman–Crippen LogP) is 2.53. The first-order valence-corrected chi connectivity index (χ1v) is 6.57. The number of benzene rings is 1. The fourth-order valence-electron chi connectivity index (χ4n) is 1.85. The lowest BCUT2D eigenvalue weighted by atomic mass is 10.1. The average Bonchev–Trinajstić information content (AvgIpc) is 2.39. The van der Waals surface area contributed by atoms with E-state index in [2.05, 4.69) is 12.2 Å². The Kier molecular flexibility index (Phi) is 5.83. The molecule has 1 unspecified atom stereocenters. The van der Waals surface area contributed by atoms with Crippen LogP contribution in [0.5, 0.6) is 0 Å². The Morgan fingerprint density at radius 2 is 2.11 bits per heavy atom. The number of methoxy groups -OCH3 is 1. The average molecular weight is 264 g/mol. The SMILES string of the molecule is CCC(COC)Nc1cc(C(=O)N(C)C)ccc1C. The Balaban J connectivity index is 2.94. The quantitative estimate of drug-likeness (QED) is 0.858. The molecule has 1 rings (SSSR count). The van der Waals surface area contributed by atoms with Gasteiger partial charge in [-0.2, -0.15) is 0 Å². The number of carbonyl (C=O) groups excluding carboxylic acids is 1. The van der Waals surface area contributed by atoms with Gasteiger partial charge in [-0.1, -0.05) is 13.0 Å². The van der Waals surface area contributed by atoms with Crippen molar-refractivity contribution in [2.75, 3.05) is 33.1 Å². The number of nitrogens with one attached hydrogen (secondary N) is 1. The second-order valence-corrected chi connectivity index (χ2v) is 4.93. The molecule has 1 aromatic carbocycles. The molecule has 0 spiro atoms. The van der Waals surface area contributed by atoms with Crippen LogP contribution in [0.3, 0.4) is 0 Å². The number of ether oxygens (including phenoxy) is 1. The van der Waals surface area contributed by atoms with Gasteiger partial charge in [-0.25, -0.2) is 0 Å². The van der Waals surface area contributed by atoms with E-state index in [0.29, 0.717) is 12.2 Å². The van der Waals surface area contributed by atoms with Crippen LogP contribution >= 0.6 is 0 Å². The van der Waals surface area contributed by atoms with Crippen LogP contribution in [0.2, 0.25) is 0 Å². The van der Waals surface area contributed by atoms with Gasteiger partial charge in [-0.05, 0) is 31.0 Å². The minimum Gasteiger partial charge on any atom is -0.383 e. The number of carbonyl (C=O) groups is 1. The highest BCUT2D eigenvalue weighted by Gasteiger charge is 2.12. The van der Waals surface area contributed by atoms with Crippen molar-refractivity contribution < 1.29 is 9.53 Å². The first-order valence-electron chi connectivity index (χ1n) is 6.57. The summed E-state index contributed by atoms with van der Waals surface area (Å²) in [5.74, 6) is 0.0165. The lowest BCUT2D eigenvalue weighted by Gasteiger charge is -2.20. The molecule has 1 amide bonds. The third-order valence-electron chi connectivity index (χ3n) is 3.11. The highest BCUT2D eigenvalue weighted by molar-refractivity contribution is 5.95. The van der Waals surface area contributed by atoms with Gasteiger partial charge in [0.25, 0.3) is 5.91 Å². The second kappa shape index (κ2) is 7.14. The Morgan fingerprint density at radius 3 is 2.63 bits per heavy atom. The van der Waals surface area contributed by atoms with Gasteiger partial charge in [0.05, 0.1) is 6.61 Å². The van der Waals surface area contributed by atoms with E-state index in [1.807, 2.05) is 25.1 Å². The van der Waals surface area contributed by atoms with Gasteiger partial charge in [-0.3, -0.25) is 4.79 Å². The number of amides is 1. The van der Waals surface area contributed by atoms with Gasteiger partial charge >= 0.3 is 0 Å². The van der Waals surface area contributed by atoms with Gasteiger partial charge in [-0.15, -0.1) is 0 Å². The molecule has 19 heavy (non-hydrogen) atoms. The summed E-state index contributed by atoms with van der Waals surface area (Å²) in [6.45, 7) is 4.80. The number of aryl methyl sites for hydroxylation is 1. The highest BCUT2D eigenvalue weighted by atomic mass is 16.5. The lowest BCUT2D eigenvalue weighted by Crippen LogP contribution is -2.25. The summed E-state index contributed by atoms with van der Waals surface area (Å²) >= 11 is 0. The first-order chi connectivity index (χ1) is 8.99. The Bertz CT molecular complexity index is 430. The van der Waals surface area contributed by atoms with Crippen LogP contribution in [0.1, 0.15) is 29.3 Å². The number of rotatable bonds is 6. The molecule has 4 nitrogen and oxygen atoms in total. The van der Waals surface area contributed by atoms with Crippen LogP contribution in [0.25, 0.3) is 0 Å². The minimum absolute atomic E-state index is 0.0165. The van der Waals surface area contributed by atoms with Crippen LogP contribution in [-0.2, 0) is 4.74 Å². The molecule has 0 bridgehead atoms. The van der Waals surface area contributed by atoms with Gasteiger partial charge in [0.2, 0.25) is 0 Å². The third-order valence-corrected chi connectivity index (χ3v) is 3.11. The van der Waals surface area contributed by atoms with Crippen molar-refractivity contribution in [3.63, 3.8) is 0 Å². The number of nitrogens with zero attached hydrogens (tertiary/aromatic N) is 1. The molecule has 0 fully saturated rings. The maximum atomic E-state index is 12.0. The van der Waals surface area contributed by atoms with E-state index >= 15 is 0 Å². The number of hydrogen-bond acceptors (Lipinski definition) is 3. The molecule has 0 aromatic heterocycles. The van der Waals surface area contributed by atoms with Crippen molar-refractivity contribution in [3.8, 4) is 0 Å². The van der Waals surface area contributed by atoms with E-state index in [-0.39, 0.29) is 11.9 Å². The van der Waals surface area contributed by atoms with Gasteiger partial charge in [0, 0.05) is 38.5 Å². The summed E-state index contributed by atoms with van der Waals surface area (Å²) in [7, 11) is 5.22. The van der Waals surface area contributed by atoms with Crippen molar-refractivity contribution in [2.45, 2.75) is 26.3 Å². The van der Waals surface area contributed by atoms with E-state index in [0.717, 1.165) is 17.7 Å². The maximum Gasteiger partial charge on any atom is 0.253 e. The zero-order chi connectivity index (χ0) is 14.4. The van der Waals surface area contributed by atoms with Crippen LogP contribution in [-0.4, -0.2) is 44.7 Å². The molecule has 4 heteroatoms. The zero-order valence-electron chi connectivity index (χ0n) is 12.5. The summed E-state index contributed by atoms with van der Waals surface area (Å²) in [5, 5.41) is 3.44. The highest BCUT2D eigenvalue weighted by Crippen LogP contribution is 2.19. The van der Waals surface area contributed by atoms with Crippen LogP contribution in [0, 0.1) is 6.92 Å². The van der Waals surface area contributed by atoms with E-state index in [4.69, 9.17) is 4.74 Å². The summed E-state index contributed by atoms with van der Waals surface area (Å²) < 4.78 is 5.19. The molecular weight excluding hydrogens is 240 g/mol. The minimum atomic E-state index is 0.0165. The van der Waals surface area contributed by atoms with Crippen LogP contribution in [0.4, 0.5) is 5.69 Å². The Labute approximate surface area is 115 Å². The third kappa shape index (κ3) is 4.24. The first kappa shape index (κ1) is 15.5. The summed E-state index contributed by atoms with van der Waals surface area (Å²) in [6.07, 6.45) is 0.971. The molecule has 1 atom stereocenters. The lowest BCUT2D eigenvalue weighted by molar-refractivity contribution is 0.0827. The normalized spacial score (nSPS) is 12.1. The fraction of sp³-hybridized carbons (Fsp3) is 0.533. The number of hydrogen-bond donors (Lipinski definition) is 1. The van der Waals surface area contributed by atoms with E-state index in [1.54, 1.807) is 26.1 Å². The fourth-order valence-corrected chi connectivity index (χ4v) is 1.85. The standard InChI is InChI=1S/C15H24N2O2/c1-6-13(10-19-5)16-14-9-12(8-7-11(14)2)15(18)17(3)4/h7-9,13,16H,6,10H2,1-5H3. The summed E-state index contributed by atoms with van der Waals surface area (Å²) in [4.78, 5) is 13.5. The van der Waals surface area contributed by atoms with Crippen LogP contribution in [0.15, 0.2) is 18.2 Å². The Morgan fingerprint density at radius 1 is 1.42 bits per heavy atom. The predicted molar refractivity (Wildman–Crippen MR) is 78.8 cm³/mol. The van der Waals surface area contributed by atoms with E-state index in [9.17, 15) is 4.79 Å². The molecule has 0 saturated heterocycles. The molecule has 0 saturated carbocycles. The largest absolute Gasteiger partial charge is 0.383 e. The van der Waals surface area contributed by atoms with Gasteiger partial charge < -0.3 is 15.0 Å². The van der Waals surface area contributed by atoms with E-state index in [1.165, 1.54) is 0 Å². The van der Waals surface area contributed by atoms with Crippen molar-refractivity contribution >= 4 is 11.6 Å². The van der Waals surface area contributed by atoms with Gasteiger partial charge in [0.15, 0.2) is 0 Å². The smallest absolute Gasteiger partial charge is 0.253 e. The molecule has 1 N–H and O–H groups in total. The molecule has 0 heterocycles. The topological polar surface area (TPSA) is 41.6 Å². The van der Waals surface area contributed by atoms with Crippen molar-refractivity contribution in [2.24, 2.45) is 0 Å². The summed E-state index contributed by atoms with van der Waals surface area (Å²) in [5.41, 5.74) is 2.83. The zero-order valence-corrected chi connectivity index (χ0v) is 12.5. The molecule has 106 valence electrons. The second-order valence-electron chi connectivity index (χ2n) is 4.93. The Hall–Kier alpha value is -1.55. The monoisotopic (exact) mass is 264 g/mol. The number of anilines is 1.